The number of carbonyl (C=O) groups excluding carboxylic acids is 2. The fraction of sp³-hybridized carbons (Fsp3) is 0.0909. The summed E-state index contributed by atoms with van der Waals surface area (Å²) in [5.41, 5.74) is 0.718. The third kappa shape index (κ3) is 1.52. The number of hydrogen-bond acceptors (Lipinski definition) is 6. The summed E-state index contributed by atoms with van der Waals surface area (Å²) in [5.74, 6) is -1.46. The van der Waals surface area contributed by atoms with E-state index < -0.39 is 11.9 Å². The molecule has 0 N–H and O–H groups in total. The van der Waals surface area contributed by atoms with Gasteiger partial charge in [-0.25, -0.2) is 14.3 Å². The molecule has 0 radical (unpaired) electrons. The lowest BCUT2D eigenvalue weighted by atomic mass is 10.3. The van der Waals surface area contributed by atoms with E-state index in [-0.39, 0.29) is 11.4 Å². The van der Waals surface area contributed by atoms with Crippen molar-refractivity contribution in [2.45, 2.75) is 4.90 Å². The highest BCUT2D eigenvalue weighted by atomic mass is 32.2. The predicted octanol–water partition coefficient (Wildman–Crippen LogP) is 1.30. The summed E-state index contributed by atoms with van der Waals surface area (Å²) < 4.78 is 5.81. The molecule has 0 saturated carbocycles. The SMILES string of the molecule is CSc1cccc(-n2nnc3c2C(=O)OC3=O)c1. The van der Waals surface area contributed by atoms with Crippen LogP contribution in [0.15, 0.2) is 29.2 Å². The highest BCUT2D eigenvalue weighted by Crippen LogP contribution is 2.23. The van der Waals surface area contributed by atoms with Crippen molar-refractivity contribution in [2.75, 3.05) is 6.26 Å². The second-order valence-electron chi connectivity index (χ2n) is 3.58. The number of ether oxygens (including phenoxy) is 1. The van der Waals surface area contributed by atoms with Gasteiger partial charge in [0.25, 0.3) is 0 Å². The molecular formula is C11H7N3O3S. The maximum Gasteiger partial charge on any atom is 0.369 e. The third-order valence-electron chi connectivity index (χ3n) is 2.54. The Labute approximate surface area is 106 Å². The van der Waals surface area contributed by atoms with Crippen molar-refractivity contribution in [3.05, 3.63) is 35.7 Å². The van der Waals surface area contributed by atoms with Gasteiger partial charge in [-0.05, 0) is 24.5 Å². The van der Waals surface area contributed by atoms with E-state index in [0.717, 1.165) is 4.90 Å². The molecule has 0 amide bonds. The topological polar surface area (TPSA) is 74.1 Å². The molecule has 2 aromatic rings. The highest BCUT2D eigenvalue weighted by molar-refractivity contribution is 7.98. The highest BCUT2D eigenvalue weighted by Gasteiger charge is 2.37. The largest absolute Gasteiger partial charge is 0.383 e. The molecule has 0 atom stereocenters. The summed E-state index contributed by atoms with van der Waals surface area (Å²) in [6, 6.07) is 7.42. The first-order chi connectivity index (χ1) is 8.70. The lowest BCUT2D eigenvalue weighted by Crippen LogP contribution is -2.08. The van der Waals surface area contributed by atoms with E-state index in [1.807, 2.05) is 24.5 Å². The van der Waals surface area contributed by atoms with Crippen LogP contribution in [0.3, 0.4) is 0 Å². The fourth-order valence-corrected chi connectivity index (χ4v) is 2.16. The quantitative estimate of drug-likeness (QED) is 0.461. The molecule has 0 spiro atoms. The molecule has 1 aliphatic heterocycles. The Morgan fingerprint density at radius 2 is 2.11 bits per heavy atom. The fourth-order valence-electron chi connectivity index (χ4n) is 1.71. The molecule has 6 nitrogen and oxygen atoms in total. The average Bonchev–Trinajstić information content (AvgIpc) is 2.93. The lowest BCUT2D eigenvalue weighted by Gasteiger charge is -2.03. The first-order valence-electron chi connectivity index (χ1n) is 5.07. The second-order valence-corrected chi connectivity index (χ2v) is 4.46. The van der Waals surface area contributed by atoms with Crippen LogP contribution in [0.5, 0.6) is 0 Å². The van der Waals surface area contributed by atoms with Crippen LogP contribution in [-0.4, -0.2) is 33.2 Å². The Bertz CT molecular complexity index is 665. The van der Waals surface area contributed by atoms with E-state index >= 15 is 0 Å². The van der Waals surface area contributed by atoms with E-state index in [0.29, 0.717) is 5.69 Å². The number of esters is 2. The predicted molar refractivity (Wildman–Crippen MR) is 62.9 cm³/mol. The first-order valence-corrected chi connectivity index (χ1v) is 6.30. The summed E-state index contributed by atoms with van der Waals surface area (Å²) in [4.78, 5) is 23.8. The van der Waals surface area contributed by atoms with Crippen LogP contribution in [-0.2, 0) is 4.74 Å². The van der Waals surface area contributed by atoms with Crippen LogP contribution < -0.4 is 0 Å². The second kappa shape index (κ2) is 3.95. The number of cyclic esters (lactones) is 2. The average molecular weight is 261 g/mol. The standard InChI is InChI=1S/C11H7N3O3S/c1-18-7-4-2-3-6(5-7)14-9-8(12-13-14)10(15)17-11(9)16/h2-5H,1H3. The smallest absolute Gasteiger partial charge is 0.369 e. The lowest BCUT2D eigenvalue weighted by molar-refractivity contribution is 0.0434. The summed E-state index contributed by atoms with van der Waals surface area (Å²) in [6.45, 7) is 0. The zero-order valence-electron chi connectivity index (χ0n) is 9.28. The van der Waals surface area contributed by atoms with Crippen LogP contribution in [0.25, 0.3) is 5.69 Å². The van der Waals surface area contributed by atoms with Crippen molar-refractivity contribution < 1.29 is 14.3 Å². The maximum atomic E-state index is 11.5. The van der Waals surface area contributed by atoms with Crippen molar-refractivity contribution in [3.63, 3.8) is 0 Å². The Kier molecular flexibility index (Phi) is 2.41. The Hall–Kier alpha value is -2.15. The summed E-state index contributed by atoms with van der Waals surface area (Å²) in [6.07, 6.45) is 1.95. The van der Waals surface area contributed by atoms with Crippen LogP contribution in [0.4, 0.5) is 0 Å². The minimum absolute atomic E-state index is 0.0328. The molecule has 3 rings (SSSR count). The van der Waals surface area contributed by atoms with Crippen LogP contribution in [0, 0.1) is 0 Å². The van der Waals surface area contributed by atoms with Crippen LogP contribution in [0.1, 0.15) is 21.0 Å². The number of thioether (sulfide) groups is 1. The monoisotopic (exact) mass is 261 g/mol. The van der Waals surface area contributed by atoms with Gasteiger partial charge in [0, 0.05) is 4.90 Å². The van der Waals surface area contributed by atoms with Crippen molar-refractivity contribution in [1.82, 2.24) is 15.0 Å². The molecule has 0 bridgehead atoms. The number of carbonyl (C=O) groups is 2. The van der Waals surface area contributed by atoms with Gasteiger partial charge in [0.2, 0.25) is 5.69 Å². The Balaban J connectivity index is 2.16. The van der Waals surface area contributed by atoms with Crippen molar-refractivity contribution in [1.29, 1.82) is 0 Å². The normalized spacial score (nSPS) is 13.6. The third-order valence-corrected chi connectivity index (χ3v) is 3.27. The summed E-state index contributed by atoms with van der Waals surface area (Å²) in [7, 11) is 0. The molecule has 0 fully saturated rings. The molecule has 2 heterocycles. The molecule has 7 heteroatoms. The maximum absolute atomic E-state index is 11.5. The Morgan fingerprint density at radius 1 is 1.28 bits per heavy atom. The van der Waals surface area contributed by atoms with E-state index in [9.17, 15) is 9.59 Å². The molecular weight excluding hydrogens is 254 g/mol. The minimum Gasteiger partial charge on any atom is -0.383 e. The summed E-state index contributed by atoms with van der Waals surface area (Å²) >= 11 is 1.57. The molecule has 18 heavy (non-hydrogen) atoms. The van der Waals surface area contributed by atoms with Gasteiger partial charge >= 0.3 is 11.9 Å². The van der Waals surface area contributed by atoms with Gasteiger partial charge in [0.05, 0.1) is 5.69 Å². The van der Waals surface area contributed by atoms with Gasteiger partial charge < -0.3 is 4.74 Å². The van der Waals surface area contributed by atoms with Crippen LogP contribution >= 0.6 is 11.8 Å². The molecule has 90 valence electrons. The van der Waals surface area contributed by atoms with Gasteiger partial charge in [-0.3, -0.25) is 0 Å². The van der Waals surface area contributed by atoms with Gasteiger partial charge in [0.15, 0.2) is 5.69 Å². The number of rotatable bonds is 2. The van der Waals surface area contributed by atoms with E-state index in [2.05, 4.69) is 15.0 Å². The van der Waals surface area contributed by atoms with Gasteiger partial charge in [-0.1, -0.05) is 11.3 Å². The van der Waals surface area contributed by atoms with Crippen molar-refractivity contribution in [2.24, 2.45) is 0 Å². The first kappa shape index (κ1) is 11.0. The summed E-state index contributed by atoms with van der Waals surface area (Å²) in [5, 5.41) is 7.49. The molecule has 1 aromatic heterocycles. The van der Waals surface area contributed by atoms with Gasteiger partial charge in [-0.15, -0.1) is 16.9 Å². The van der Waals surface area contributed by atoms with Crippen molar-refractivity contribution in [3.8, 4) is 5.69 Å². The van der Waals surface area contributed by atoms with Crippen molar-refractivity contribution >= 4 is 23.7 Å². The zero-order chi connectivity index (χ0) is 12.7. The number of benzene rings is 1. The Morgan fingerprint density at radius 3 is 2.89 bits per heavy atom. The van der Waals surface area contributed by atoms with Gasteiger partial charge in [0.1, 0.15) is 0 Å². The van der Waals surface area contributed by atoms with Crippen LogP contribution in [0.2, 0.25) is 0 Å². The molecule has 0 unspecified atom stereocenters. The van der Waals surface area contributed by atoms with E-state index in [1.54, 1.807) is 17.8 Å². The molecule has 0 aliphatic carbocycles. The molecule has 1 aliphatic rings. The number of nitrogens with zero attached hydrogens (tertiary/aromatic N) is 3. The van der Waals surface area contributed by atoms with Gasteiger partial charge in [-0.2, -0.15) is 0 Å². The molecule has 0 saturated heterocycles. The minimum atomic E-state index is -0.748. The number of hydrogen-bond donors (Lipinski definition) is 0. The number of fused-ring (bicyclic) bond motifs is 1. The zero-order valence-corrected chi connectivity index (χ0v) is 10.1. The van der Waals surface area contributed by atoms with E-state index in [4.69, 9.17) is 0 Å². The van der Waals surface area contributed by atoms with E-state index in [1.165, 1.54) is 4.68 Å². The molecule has 1 aromatic carbocycles. The number of aromatic nitrogens is 3.